The van der Waals surface area contributed by atoms with Crippen LogP contribution < -0.4 is 0 Å². The fourth-order valence-electron chi connectivity index (χ4n) is 2.16. The van der Waals surface area contributed by atoms with E-state index < -0.39 is 5.41 Å². The second-order valence-corrected chi connectivity index (χ2v) is 4.42. The van der Waals surface area contributed by atoms with Gasteiger partial charge in [0.1, 0.15) is 5.41 Å². The lowest BCUT2D eigenvalue weighted by atomic mass is 9.80. The van der Waals surface area contributed by atoms with Crippen molar-refractivity contribution in [1.29, 1.82) is 5.26 Å². The predicted molar refractivity (Wildman–Crippen MR) is 61.1 cm³/mol. The summed E-state index contributed by atoms with van der Waals surface area (Å²) < 4.78 is 5.18. The first-order valence-electron chi connectivity index (χ1n) is 5.32. The van der Waals surface area contributed by atoms with E-state index in [0.29, 0.717) is 13.2 Å². The molecule has 0 amide bonds. The Morgan fingerprint density at radius 3 is 2.88 bits per heavy atom. The standard InChI is InChI=1S/C13H12N2O/c1-9-5-15-12-3-2-10(4-11(9)12)13(6-14)7-16-8-13/h2-5,15H,7-8H2,1H3. The summed E-state index contributed by atoms with van der Waals surface area (Å²) >= 11 is 0. The Morgan fingerprint density at radius 1 is 1.44 bits per heavy atom. The second kappa shape index (κ2) is 3.10. The molecule has 0 saturated carbocycles. The van der Waals surface area contributed by atoms with Crippen molar-refractivity contribution in [3.05, 3.63) is 35.5 Å². The van der Waals surface area contributed by atoms with Crippen LogP contribution >= 0.6 is 0 Å². The van der Waals surface area contributed by atoms with Gasteiger partial charge in [0.05, 0.1) is 19.3 Å². The summed E-state index contributed by atoms with van der Waals surface area (Å²) in [4.78, 5) is 3.21. The SMILES string of the molecule is Cc1c[nH]c2ccc(C3(C#N)COC3)cc12. The number of aromatic amines is 1. The number of nitrogens with zero attached hydrogens (tertiary/aromatic N) is 1. The highest BCUT2D eigenvalue weighted by Crippen LogP contribution is 2.33. The zero-order chi connectivity index (χ0) is 11.2. The quantitative estimate of drug-likeness (QED) is 0.788. The van der Waals surface area contributed by atoms with Crippen molar-refractivity contribution in [2.24, 2.45) is 0 Å². The van der Waals surface area contributed by atoms with Gasteiger partial charge in [-0.15, -0.1) is 0 Å². The summed E-state index contributed by atoms with van der Waals surface area (Å²) in [6.45, 7) is 3.09. The third-order valence-corrected chi connectivity index (χ3v) is 3.35. The molecular formula is C13H12N2O. The number of hydrogen-bond acceptors (Lipinski definition) is 2. The molecule has 0 atom stereocenters. The van der Waals surface area contributed by atoms with Gasteiger partial charge in [0.2, 0.25) is 0 Å². The van der Waals surface area contributed by atoms with Gasteiger partial charge in [-0.05, 0) is 30.2 Å². The van der Waals surface area contributed by atoms with Crippen molar-refractivity contribution < 1.29 is 4.74 Å². The largest absolute Gasteiger partial charge is 0.377 e. The van der Waals surface area contributed by atoms with Crippen LogP contribution in [0.15, 0.2) is 24.4 Å². The molecule has 0 unspecified atom stereocenters. The number of fused-ring (bicyclic) bond motifs is 1. The van der Waals surface area contributed by atoms with E-state index in [0.717, 1.165) is 11.1 Å². The molecule has 1 aromatic heterocycles. The van der Waals surface area contributed by atoms with Gasteiger partial charge in [0.15, 0.2) is 0 Å². The second-order valence-electron chi connectivity index (χ2n) is 4.42. The molecule has 1 N–H and O–H groups in total. The van der Waals surface area contributed by atoms with Crippen LogP contribution in [-0.4, -0.2) is 18.2 Å². The highest BCUT2D eigenvalue weighted by atomic mass is 16.5. The Labute approximate surface area is 93.6 Å². The van der Waals surface area contributed by atoms with Crippen molar-refractivity contribution in [1.82, 2.24) is 4.98 Å². The van der Waals surface area contributed by atoms with E-state index in [1.54, 1.807) is 0 Å². The molecule has 0 radical (unpaired) electrons. The highest BCUT2D eigenvalue weighted by Gasteiger charge is 2.40. The fraction of sp³-hybridized carbons (Fsp3) is 0.308. The van der Waals surface area contributed by atoms with Crippen molar-refractivity contribution in [2.45, 2.75) is 12.3 Å². The third-order valence-electron chi connectivity index (χ3n) is 3.35. The van der Waals surface area contributed by atoms with Gasteiger partial charge >= 0.3 is 0 Å². The van der Waals surface area contributed by atoms with Gasteiger partial charge < -0.3 is 9.72 Å². The lowest BCUT2D eigenvalue weighted by Crippen LogP contribution is -2.45. The number of nitrogens with one attached hydrogen (secondary N) is 1. The van der Waals surface area contributed by atoms with Crippen molar-refractivity contribution in [2.75, 3.05) is 13.2 Å². The minimum absolute atomic E-state index is 0.419. The molecule has 3 heteroatoms. The van der Waals surface area contributed by atoms with E-state index in [4.69, 9.17) is 4.74 Å². The van der Waals surface area contributed by atoms with E-state index in [9.17, 15) is 5.26 Å². The molecule has 3 rings (SSSR count). The number of rotatable bonds is 1. The average molecular weight is 212 g/mol. The van der Waals surface area contributed by atoms with Gasteiger partial charge in [-0.2, -0.15) is 5.26 Å². The Hall–Kier alpha value is -1.79. The number of nitriles is 1. The van der Waals surface area contributed by atoms with Crippen molar-refractivity contribution >= 4 is 10.9 Å². The summed E-state index contributed by atoms with van der Waals surface area (Å²) in [6, 6.07) is 8.53. The Kier molecular flexibility index (Phi) is 1.83. The Bertz CT molecular complexity index is 587. The molecule has 80 valence electrons. The highest BCUT2D eigenvalue weighted by molar-refractivity contribution is 5.84. The van der Waals surface area contributed by atoms with E-state index >= 15 is 0 Å². The molecule has 0 bridgehead atoms. The third kappa shape index (κ3) is 1.11. The summed E-state index contributed by atoms with van der Waals surface area (Å²) in [5, 5.41) is 10.4. The van der Waals surface area contributed by atoms with Gasteiger partial charge in [-0.25, -0.2) is 0 Å². The van der Waals surface area contributed by atoms with Crippen molar-refractivity contribution in [3.63, 3.8) is 0 Å². The summed E-state index contributed by atoms with van der Waals surface area (Å²) in [7, 11) is 0. The first-order chi connectivity index (χ1) is 7.75. The lowest BCUT2D eigenvalue weighted by molar-refractivity contribution is -0.0297. The zero-order valence-corrected chi connectivity index (χ0v) is 9.08. The molecule has 0 spiro atoms. The smallest absolute Gasteiger partial charge is 0.129 e. The van der Waals surface area contributed by atoms with Gasteiger partial charge in [0.25, 0.3) is 0 Å². The predicted octanol–water partition coefficient (Wildman–Crippen LogP) is 2.27. The van der Waals surface area contributed by atoms with E-state index in [-0.39, 0.29) is 0 Å². The van der Waals surface area contributed by atoms with Crippen LogP contribution in [0.4, 0.5) is 0 Å². The summed E-state index contributed by atoms with van der Waals surface area (Å²) in [5.74, 6) is 0. The van der Waals surface area contributed by atoms with Crippen LogP contribution in [-0.2, 0) is 10.2 Å². The van der Waals surface area contributed by atoms with Gasteiger partial charge in [-0.1, -0.05) is 6.07 Å². The van der Waals surface area contributed by atoms with Crippen LogP contribution in [0.2, 0.25) is 0 Å². The molecule has 1 fully saturated rings. The lowest BCUT2D eigenvalue weighted by Gasteiger charge is -2.35. The molecular weight excluding hydrogens is 200 g/mol. The number of hydrogen-bond donors (Lipinski definition) is 1. The topological polar surface area (TPSA) is 48.8 Å². The monoisotopic (exact) mass is 212 g/mol. The molecule has 0 aliphatic carbocycles. The number of aromatic nitrogens is 1. The molecule has 3 nitrogen and oxygen atoms in total. The van der Waals surface area contributed by atoms with Crippen LogP contribution in [0, 0.1) is 18.3 Å². The molecule has 1 aromatic carbocycles. The first kappa shape index (κ1) is 9.44. The number of benzene rings is 1. The molecule has 1 aliphatic rings. The number of H-pyrrole nitrogens is 1. The fourth-order valence-corrected chi connectivity index (χ4v) is 2.16. The molecule has 1 aliphatic heterocycles. The first-order valence-corrected chi connectivity index (χ1v) is 5.32. The molecule has 1 saturated heterocycles. The van der Waals surface area contributed by atoms with Crippen LogP contribution in [0.25, 0.3) is 10.9 Å². The van der Waals surface area contributed by atoms with Crippen LogP contribution in [0.1, 0.15) is 11.1 Å². The molecule has 16 heavy (non-hydrogen) atoms. The average Bonchev–Trinajstić information content (AvgIpc) is 2.60. The Morgan fingerprint density at radius 2 is 2.25 bits per heavy atom. The van der Waals surface area contributed by atoms with E-state index in [1.165, 1.54) is 10.9 Å². The summed E-state index contributed by atoms with van der Waals surface area (Å²) in [6.07, 6.45) is 1.99. The van der Waals surface area contributed by atoms with Gasteiger partial charge in [0, 0.05) is 17.1 Å². The normalized spacial score (nSPS) is 18.0. The molecule has 2 heterocycles. The number of aryl methyl sites for hydroxylation is 1. The Balaban J connectivity index is 2.18. The molecule has 2 aromatic rings. The zero-order valence-electron chi connectivity index (χ0n) is 9.08. The maximum atomic E-state index is 9.24. The van der Waals surface area contributed by atoms with E-state index in [1.807, 2.05) is 18.3 Å². The van der Waals surface area contributed by atoms with Crippen LogP contribution in [0.5, 0.6) is 0 Å². The number of ether oxygens (including phenoxy) is 1. The van der Waals surface area contributed by atoms with Gasteiger partial charge in [-0.3, -0.25) is 0 Å². The minimum Gasteiger partial charge on any atom is -0.377 e. The maximum Gasteiger partial charge on any atom is 0.129 e. The maximum absolute atomic E-state index is 9.24. The van der Waals surface area contributed by atoms with E-state index in [2.05, 4.69) is 24.0 Å². The summed E-state index contributed by atoms with van der Waals surface area (Å²) in [5.41, 5.74) is 2.98. The van der Waals surface area contributed by atoms with Crippen LogP contribution in [0.3, 0.4) is 0 Å². The van der Waals surface area contributed by atoms with Crippen molar-refractivity contribution in [3.8, 4) is 6.07 Å². The minimum atomic E-state index is -0.419.